The fraction of sp³-hybridized carbons (Fsp3) is 0.778. The fourth-order valence-corrected chi connectivity index (χ4v) is 1.20. The number of carbonyl (C=O) groups is 2. The van der Waals surface area contributed by atoms with Gasteiger partial charge in [0, 0.05) is 6.92 Å². The number of ether oxygens (including phenoxy) is 1. The summed E-state index contributed by atoms with van der Waals surface area (Å²) < 4.78 is 42.6. The van der Waals surface area contributed by atoms with Crippen LogP contribution >= 0.6 is 0 Å². The molecule has 0 radical (unpaired) electrons. The van der Waals surface area contributed by atoms with Crippen molar-refractivity contribution in [3.05, 3.63) is 0 Å². The SMILES string of the molecule is COC(=O)[C@H](C)[C@](C)(NC(C)=O)C(F)(F)F. The first-order valence-electron chi connectivity index (χ1n) is 4.49. The van der Waals surface area contributed by atoms with E-state index in [4.69, 9.17) is 0 Å². The minimum absolute atomic E-state index is 0.746. The van der Waals surface area contributed by atoms with Crippen molar-refractivity contribution in [1.82, 2.24) is 5.32 Å². The van der Waals surface area contributed by atoms with Gasteiger partial charge in [0.1, 0.15) is 5.54 Å². The average molecular weight is 241 g/mol. The second-order valence-electron chi connectivity index (χ2n) is 3.63. The molecule has 0 aromatic rings. The number of rotatable bonds is 3. The summed E-state index contributed by atoms with van der Waals surface area (Å²) in [4.78, 5) is 21.9. The van der Waals surface area contributed by atoms with Crippen LogP contribution in [0.5, 0.6) is 0 Å². The third-order valence-electron chi connectivity index (χ3n) is 2.45. The van der Waals surface area contributed by atoms with Crippen LogP contribution < -0.4 is 5.32 Å². The zero-order valence-corrected chi connectivity index (χ0v) is 9.44. The summed E-state index contributed by atoms with van der Waals surface area (Å²) in [7, 11) is 0.989. The summed E-state index contributed by atoms with van der Waals surface area (Å²) >= 11 is 0. The Labute approximate surface area is 91.1 Å². The highest BCUT2D eigenvalue weighted by molar-refractivity contribution is 5.78. The molecule has 0 fully saturated rings. The minimum Gasteiger partial charge on any atom is -0.469 e. The van der Waals surface area contributed by atoms with Crippen molar-refractivity contribution < 1.29 is 27.5 Å². The summed E-state index contributed by atoms with van der Waals surface area (Å²) in [5, 5.41) is 1.75. The number of methoxy groups -OCH3 is 1. The smallest absolute Gasteiger partial charge is 0.412 e. The molecule has 1 amide bonds. The van der Waals surface area contributed by atoms with Gasteiger partial charge in [-0.2, -0.15) is 13.2 Å². The van der Waals surface area contributed by atoms with Crippen molar-refractivity contribution in [1.29, 1.82) is 0 Å². The molecule has 0 rings (SSSR count). The summed E-state index contributed by atoms with van der Waals surface area (Å²) in [5.74, 6) is -3.43. The lowest BCUT2D eigenvalue weighted by atomic mass is 9.86. The lowest BCUT2D eigenvalue weighted by molar-refractivity contribution is -0.211. The molecule has 0 saturated carbocycles. The third-order valence-corrected chi connectivity index (χ3v) is 2.45. The van der Waals surface area contributed by atoms with Gasteiger partial charge in [0.05, 0.1) is 13.0 Å². The van der Waals surface area contributed by atoms with Gasteiger partial charge in [0.25, 0.3) is 0 Å². The van der Waals surface area contributed by atoms with Crippen molar-refractivity contribution in [3.8, 4) is 0 Å². The van der Waals surface area contributed by atoms with Gasteiger partial charge >= 0.3 is 12.1 Å². The van der Waals surface area contributed by atoms with Gasteiger partial charge in [-0.25, -0.2) is 0 Å². The number of esters is 1. The van der Waals surface area contributed by atoms with Crippen molar-refractivity contribution >= 4 is 11.9 Å². The number of halogens is 3. The molecule has 94 valence electrons. The van der Waals surface area contributed by atoms with E-state index in [0.717, 1.165) is 27.9 Å². The Balaban J connectivity index is 5.23. The number of hydrogen-bond acceptors (Lipinski definition) is 3. The highest BCUT2D eigenvalue weighted by atomic mass is 19.4. The Morgan fingerprint density at radius 3 is 2.00 bits per heavy atom. The average Bonchev–Trinajstić information content (AvgIpc) is 2.12. The lowest BCUT2D eigenvalue weighted by Crippen LogP contribution is -2.62. The second kappa shape index (κ2) is 4.71. The Morgan fingerprint density at radius 1 is 1.31 bits per heavy atom. The van der Waals surface area contributed by atoms with Gasteiger partial charge < -0.3 is 10.1 Å². The highest BCUT2D eigenvalue weighted by Crippen LogP contribution is 2.36. The molecule has 0 aliphatic carbocycles. The highest BCUT2D eigenvalue weighted by Gasteiger charge is 2.57. The molecule has 0 spiro atoms. The molecule has 0 aromatic carbocycles. The molecule has 1 N–H and O–H groups in total. The van der Waals surface area contributed by atoms with E-state index in [0.29, 0.717) is 0 Å². The zero-order valence-electron chi connectivity index (χ0n) is 9.44. The molecule has 7 heteroatoms. The van der Waals surface area contributed by atoms with Gasteiger partial charge in [-0.05, 0) is 13.8 Å². The summed E-state index contributed by atoms with van der Waals surface area (Å²) in [5.41, 5.74) is -2.63. The molecule has 0 aromatic heterocycles. The molecule has 2 atom stereocenters. The first kappa shape index (κ1) is 14.7. The number of nitrogens with one attached hydrogen (secondary N) is 1. The van der Waals surface area contributed by atoms with Crippen LogP contribution in [0, 0.1) is 5.92 Å². The first-order valence-corrected chi connectivity index (χ1v) is 4.49. The van der Waals surface area contributed by atoms with E-state index in [1.54, 1.807) is 5.32 Å². The Morgan fingerprint density at radius 2 is 1.75 bits per heavy atom. The van der Waals surface area contributed by atoms with E-state index in [9.17, 15) is 22.8 Å². The predicted octanol–water partition coefficient (Wildman–Crippen LogP) is 1.25. The lowest BCUT2D eigenvalue weighted by Gasteiger charge is -2.36. The van der Waals surface area contributed by atoms with Crippen LogP contribution in [0.1, 0.15) is 20.8 Å². The van der Waals surface area contributed by atoms with Gasteiger partial charge in [-0.15, -0.1) is 0 Å². The van der Waals surface area contributed by atoms with E-state index >= 15 is 0 Å². The molecule has 0 saturated heterocycles. The topological polar surface area (TPSA) is 55.4 Å². The largest absolute Gasteiger partial charge is 0.469 e. The monoisotopic (exact) mass is 241 g/mol. The van der Waals surface area contributed by atoms with Crippen molar-refractivity contribution in [2.24, 2.45) is 5.92 Å². The quantitative estimate of drug-likeness (QED) is 0.756. The Kier molecular flexibility index (Phi) is 4.34. The van der Waals surface area contributed by atoms with Gasteiger partial charge in [-0.3, -0.25) is 9.59 Å². The van der Waals surface area contributed by atoms with Crippen LogP contribution in [0.25, 0.3) is 0 Å². The van der Waals surface area contributed by atoms with Crippen LogP contribution in [0.4, 0.5) is 13.2 Å². The molecule has 4 nitrogen and oxygen atoms in total. The molecular weight excluding hydrogens is 227 g/mol. The van der Waals surface area contributed by atoms with Crippen molar-refractivity contribution in [2.45, 2.75) is 32.5 Å². The molecular formula is C9H14F3NO3. The van der Waals surface area contributed by atoms with Crippen LogP contribution in [0.2, 0.25) is 0 Å². The van der Waals surface area contributed by atoms with E-state index in [1.807, 2.05) is 0 Å². The van der Waals surface area contributed by atoms with E-state index in [1.165, 1.54) is 0 Å². The van der Waals surface area contributed by atoms with Gasteiger partial charge in [0.15, 0.2) is 0 Å². The third kappa shape index (κ3) is 2.86. The van der Waals surface area contributed by atoms with Crippen LogP contribution in [0.15, 0.2) is 0 Å². The van der Waals surface area contributed by atoms with Crippen LogP contribution in [-0.2, 0) is 14.3 Å². The summed E-state index contributed by atoms with van der Waals surface area (Å²) in [6.45, 7) is 2.75. The second-order valence-corrected chi connectivity index (χ2v) is 3.63. The Hall–Kier alpha value is -1.27. The maximum Gasteiger partial charge on any atom is 0.412 e. The number of alkyl halides is 3. The van der Waals surface area contributed by atoms with Crippen LogP contribution in [0.3, 0.4) is 0 Å². The molecule has 0 bridgehead atoms. The van der Waals surface area contributed by atoms with Gasteiger partial charge in [-0.1, -0.05) is 0 Å². The molecule has 0 heterocycles. The van der Waals surface area contributed by atoms with Crippen molar-refractivity contribution in [3.63, 3.8) is 0 Å². The predicted molar refractivity (Wildman–Crippen MR) is 49.5 cm³/mol. The fourth-order valence-electron chi connectivity index (χ4n) is 1.20. The Bertz CT molecular complexity index is 290. The van der Waals surface area contributed by atoms with E-state index in [2.05, 4.69) is 4.74 Å². The van der Waals surface area contributed by atoms with E-state index in [-0.39, 0.29) is 0 Å². The summed E-state index contributed by atoms with van der Waals surface area (Å²) in [6, 6.07) is 0. The van der Waals surface area contributed by atoms with E-state index < -0.39 is 29.5 Å². The number of amides is 1. The number of carbonyl (C=O) groups excluding carboxylic acids is 2. The maximum absolute atomic E-state index is 12.8. The van der Waals surface area contributed by atoms with Gasteiger partial charge in [0.2, 0.25) is 5.91 Å². The normalized spacial score (nSPS) is 17.2. The van der Waals surface area contributed by atoms with Crippen LogP contribution in [-0.4, -0.2) is 30.7 Å². The van der Waals surface area contributed by atoms with Crippen molar-refractivity contribution in [2.75, 3.05) is 7.11 Å². The number of hydrogen-bond donors (Lipinski definition) is 1. The molecule has 0 aliphatic heterocycles. The molecule has 16 heavy (non-hydrogen) atoms. The molecule has 0 aliphatic rings. The summed E-state index contributed by atoms with van der Waals surface area (Å²) in [6.07, 6.45) is -4.74. The minimum atomic E-state index is -4.74. The standard InChI is InChI=1S/C9H14F3NO3/c1-5(7(15)16-4)8(3,9(10,11)12)13-6(2)14/h5H,1-4H3,(H,13,14)/t5-,8-/m0/s1. The molecule has 0 unspecified atom stereocenters. The first-order chi connectivity index (χ1) is 7.06. The zero-order chi connectivity index (χ0) is 13.1. The maximum atomic E-state index is 12.8.